The van der Waals surface area contributed by atoms with Crippen molar-refractivity contribution in [1.82, 2.24) is 5.32 Å². The maximum Gasteiger partial charge on any atom is 0.220 e. The Morgan fingerprint density at radius 3 is 2.84 bits per heavy atom. The van der Waals surface area contributed by atoms with Crippen molar-refractivity contribution in [2.45, 2.75) is 40.2 Å². The Bertz CT molecular complexity index is 474. The Morgan fingerprint density at radius 2 is 2.21 bits per heavy atom. The zero-order chi connectivity index (χ0) is 14.3. The summed E-state index contributed by atoms with van der Waals surface area (Å²) in [5.74, 6) is 5.98. The molecule has 1 aromatic heterocycles. The van der Waals surface area contributed by atoms with Crippen LogP contribution >= 0.6 is 11.3 Å². The highest BCUT2D eigenvalue weighted by molar-refractivity contribution is 7.10. The van der Waals surface area contributed by atoms with Crippen molar-refractivity contribution in [2.24, 2.45) is 5.41 Å². The first-order valence-corrected chi connectivity index (χ1v) is 7.23. The Labute approximate surface area is 119 Å². The van der Waals surface area contributed by atoms with E-state index in [-0.39, 0.29) is 17.9 Å². The molecule has 19 heavy (non-hydrogen) atoms. The Hall–Kier alpha value is -1.31. The van der Waals surface area contributed by atoms with Crippen LogP contribution in [0.15, 0.2) is 11.4 Å². The third-order valence-corrected chi connectivity index (χ3v) is 3.26. The molecule has 0 aliphatic heterocycles. The van der Waals surface area contributed by atoms with Gasteiger partial charge in [0, 0.05) is 23.3 Å². The molecule has 0 aliphatic carbocycles. The van der Waals surface area contributed by atoms with Crippen LogP contribution in [0.25, 0.3) is 0 Å². The van der Waals surface area contributed by atoms with Crippen LogP contribution in [0.1, 0.15) is 44.1 Å². The molecule has 3 nitrogen and oxygen atoms in total. The van der Waals surface area contributed by atoms with Crippen LogP contribution < -0.4 is 5.32 Å². The summed E-state index contributed by atoms with van der Waals surface area (Å²) in [5, 5.41) is 13.6. The lowest BCUT2D eigenvalue weighted by atomic mass is 9.92. The summed E-state index contributed by atoms with van der Waals surface area (Å²) in [6.45, 7) is 6.74. The van der Waals surface area contributed by atoms with E-state index in [0.29, 0.717) is 19.4 Å². The molecule has 1 rings (SSSR count). The molecular formula is C15H21NO2S. The predicted octanol–water partition coefficient (Wildman–Crippen LogP) is 2.53. The summed E-state index contributed by atoms with van der Waals surface area (Å²) in [4.78, 5) is 12.8. The number of thiophene rings is 1. The molecule has 0 unspecified atom stereocenters. The standard InChI is InChI=1S/C15H21NO2S/c1-15(2,3)10-14(18)16-11-13-12(7-9-19-13)6-4-5-8-17/h7,9,17H,5,8,10-11H2,1-3H3,(H,16,18). The normalized spacial score (nSPS) is 10.7. The molecule has 0 atom stereocenters. The minimum atomic E-state index is 0.00327. The summed E-state index contributed by atoms with van der Waals surface area (Å²) in [7, 11) is 0. The van der Waals surface area contributed by atoms with Crippen LogP contribution in [0, 0.1) is 17.3 Å². The van der Waals surface area contributed by atoms with Gasteiger partial charge >= 0.3 is 0 Å². The number of rotatable bonds is 4. The van der Waals surface area contributed by atoms with Gasteiger partial charge < -0.3 is 10.4 Å². The average Bonchev–Trinajstić information content (AvgIpc) is 2.72. The molecule has 4 heteroatoms. The maximum atomic E-state index is 11.7. The Morgan fingerprint density at radius 1 is 1.47 bits per heavy atom. The minimum Gasteiger partial charge on any atom is -0.395 e. The predicted molar refractivity (Wildman–Crippen MR) is 78.8 cm³/mol. The van der Waals surface area contributed by atoms with Gasteiger partial charge in [0.05, 0.1) is 13.2 Å². The van der Waals surface area contributed by atoms with Crippen molar-refractivity contribution in [3.05, 3.63) is 21.9 Å². The van der Waals surface area contributed by atoms with Crippen molar-refractivity contribution < 1.29 is 9.90 Å². The number of aliphatic hydroxyl groups excluding tert-OH is 1. The van der Waals surface area contributed by atoms with E-state index in [2.05, 4.69) is 17.2 Å². The molecule has 0 radical (unpaired) electrons. The second-order valence-corrected chi connectivity index (χ2v) is 6.55. The van der Waals surface area contributed by atoms with Crippen molar-refractivity contribution in [3.8, 4) is 11.8 Å². The molecule has 104 valence electrons. The van der Waals surface area contributed by atoms with E-state index in [9.17, 15) is 4.79 Å². The van der Waals surface area contributed by atoms with Gasteiger partial charge in [0.1, 0.15) is 0 Å². The van der Waals surface area contributed by atoms with Gasteiger partial charge in [-0.05, 0) is 16.9 Å². The van der Waals surface area contributed by atoms with Crippen molar-refractivity contribution >= 4 is 17.2 Å². The number of aliphatic hydroxyl groups is 1. The number of carbonyl (C=O) groups is 1. The molecule has 0 aliphatic rings. The van der Waals surface area contributed by atoms with Crippen LogP contribution in [-0.4, -0.2) is 17.6 Å². The number of amides is 1. The van der Waals surface area contributed by atoms with E-state index < -0.39 is 0 Å². The van der Waals surface area contributed by atoms with Gasteiger partial charge in [-0.25, -0.2) is 0 Å². The lowest BCUT2D eigenvalue weighted by molar-refractivity contribution is -0.122. The van der Waals surface area contributed by atoms with E-state index >= 15 is 0 Å². The Kier molecular flexibility index (Phi) is 6.07. The summed E-state index contributed by atoms with van der Waals surface area (Å²) in [6.07, 6.45) is 0.996. The molecule has 0 saturated carbocycles. The van der Waals surface area contributed by atoms with E-state index in [1.54, 1.807) is 11.3 Å². The van der Waals surface area contributed by atoms with Gasteiger partial charge in [-0.1, -0.05) is 32.6 Å². The lowest BCUT2D eigenvalue weighted by Gasteiger charge is -2.17. The number of carbonyl (C=O) groups excluding carboxylic acids is 1. The highest BCUT2D eigenvalue weighted by atomic mass is 32.1. The van der Waals surface area contributed by atoms with E-state index in [1.165, 1.54) is 0 Å². The average molecular weight is 279 g/mol. The fourth-order valence-electron chi connectivity index (χ4n) is 1.53. The topological polar surface area (TPSA) is 49.3 Å². The highest BCUT2D eigenvalue weighted by Gasteiger charge is 2.15. The zero-order valence-corrected chi connectivity index (χ0v) is 12.6. The summed E-state index contributed by atoms with van der Waals surface area (Å²) >= 11 is 1.59. The first kappa shape index (κ1) is 15.7. The van der Waals surface area contributed by atoms with E-state index in [1.807, 2.05) is 32.2 Å². The molecule has 2 N–H and O–H groups in total. The first-order chi connectivity index (χ1) is 8.92. The Balaban J connectivity index is 2.53. The van der Waals surface area contributed by atoms with Gasteiger partial charge in [-0.2, -0.15) is 0 Å². The molecule has 0 saturated heterocycles. The van der Waals surface area contributed by atoms with Crippen LogP contribution in [0.3, 0.4) is 0 Å². The van der Waals surface area contributed by atoms with Gasteiger partial charge in [-0.3, -0.25) is 4.79 Å². The van der Waals surface area contributed by atoms with E-state index in [0.717, 1.165) is 10.4 Å². The minimum absolute atomic E-state index is 0.00327. The number of hydrogen-bond donors (Lipinski definition) is 2. The monoisotopic (exact) mass is 279 g/mol. The summed E-state index contributed by atoms with van der Waals surface area (Å²) < 4.78 is 0. The van der Waals surface area contributed by atoms with Crippen LogP contribution in [0.5, 0.6) is 0 Å². The van der Waals surface area contributed by atoms with Gasteiger partial charge in [0.15, 0.2) is 0 Å². The molecule has 0 bridgehead atoms. The van der Waals surface area contributed by atoms with Crippen LogP contribution in [-0.2, 0) is 11.3 Å². The summed E-state index contributed by atoms with van der Waals surface area (Å²) in [5.41, 5.74) is 0.943. The molecule has 0 spiro atoms. The van der Waals surface area contributed by atoms with E-state index in [4.69, 9.17) is 5.11 Å². The van der Waals surface area contributed by atoms with Gasteiger partial charge in [-0.15, -0.1) is 11.3 Å². The third-order valence-electron chi connectivity index (χ3n) is 2.34. The van der Waals surface area contributed by atoms with Crippen LogP contribution in [0.2, 0.25) is 0 Å². The fourth-order valence-corrected chi connectivity index (χ4v) is 2.30. The molecule has 1 aromatic rings. The summed E-state index contributed by atoms with van der Waals surface area (Å²) in [6, 6.07) is 1.94. The van der Waals surface area contributed by atoms with Gasteiger partial charge in [0.2, 0.25) is 5.91 Å². The SMILES string of the molecule is CC(C)(C)CC(=O)NCc1sccc1C#CCCO. The van der Waals surface area contributed by atoms with Crippen molar-refractivity contribution in [1.29, 1.82) is 0 Å². The molecule has 1 amide bonds. The third kappa shape index (κ3) is 6.42. The second kappa shape index (κ2) is 7.32. The zero-order valence-electron chi connectivity index (χ0n) is 11.7. The molecule has 1 heterocycles. The molecule has 0 aromatic carbocycles. The fraction of sp³-hybridized carbons (Fsp3) is 0.533. The van der Waals surface area contributed by atoms with Crippen molar-refractivity contribution in [2.75, 3.05) is 6.61 Å². The largest absolute Gasteiger partial charge is 0.395 e. The van der Waals surface area contributed by atoms with Crippen molar-refractivity contribution in [3.63, 3.8) is 0 Å². The molecular weight excluding hydrogens is 258 g/mol. The molecule has 0 fully saturated rings. The number of nitrogens with one attached hydrogen (secondary N) is 1. The maximum absolute atomic E-state index is 11.7. The highest BCUT2D eigenvalue weighted by Crippen LogP contribution is 2.19. The lowest BCUT2D eigenvalue weighted by Crippen LogP contribution is -2.27. The smallest absolute Gasteiger partial charge is 0.220 e. The first-order valence-electron chi connectivity index (χ1n) is 6.35. The number of hydrogen-bond acceptors (Lipinski definition) is 3. The quantitative estimate of drug-likeness (QED) is 0.832. The van der Waals surface area contributed by atoms with Gasteiger partial charge in [0.25, 0.3) is 0 Å². The second-order valence-electron chi connectivity index (χ2n) is 5.55. The van der Waals surface area contributed by atoms with Crippen LogP contribution in [0.4, 0.5) is 0 Å².